The number of carbonyl (C=O) groups is 2. The Morgan fingerprint density at radius 3 is 2.53 bits per heavy atom. The molecule has 0 aliphatic rings. The lowest BCUT2D eigenvalue weighted by Crippen LogP contribution is -2.31. The summed E-state index contributed by atoms with van der Waals surface area (Å²) in [6, 6.07) is 15.4. The Labute approximate surface area is 210 Å². The van der Waals surface area contributed by atoms with Gasteiger partial charge in [-0.2, -0.15) is 0 Å². The number of likely N-dealkylation sites (N-methyl/N-ethyl adjacent to an activating group) is 1. The van der Waals surface area contributed by atoms with E-state index < -0.39 is 0 Å². The van der Waals surface area contributed by atoms with Gasteiger partial charge in [0.2, 0.25) is 5.91 Å². The average Bonchev–Trinajstić information content (AvgIpc) is 3.31. The van der Waals surface area contributed by atoms with E-state index in [2.05, 4.69) is 15.3 Å². The summed E-state index contributed by atoms with van der Waals surface area (Å²) in [4.78, 5) is 36.8. The minimum Gasteiger partial charge on any atom is -0.496 e. The predicted molar refractivity (Wildman–Crippen MR) is 143 cm³/mol. The number of anilines is 1. The van der Waals surface area contributed by atoms with E-state index in [1.54, 1.807) is 39.5 Å². The third kappa shape index (κ3) is 5.08. The normalized spacial score (nSPS) is 11.1. The number of amides is 2. The van der Waals surface area contributed by atoms with E-state index in [0.29, 0.717) is 11.3 Å². The quantitative estimate of drug-likeness (QED) is 0.384. The number of methoxy groups -OCH3 is 1. The molecule has 0 aliphatic carbocycles. The summed E-state index contributed by atoms with van der Waals surface area (Å²) in [7, 11) is 6.91. The summed E-state index contributed by atoms with van der Waals surface area (Å²) in [5, 5.41) is 3.84. The van der Waals surface area contributed by atoms with Crippen LogP contribution in [0.4, 0.5) is 5.69 Å². The van der Waals surface area contributed by atoms with Gasteiger partial charge in [-0.15, -0.1) is 0 Å². The zero-order valence-electron chi connectivity index (χ0n) is 21.3. The van der Waals surface area contributed by atoms with Crippen LogP contribution in [0.25, 0.3) is 33.3 Å². The maximum atomic E-state index is 13.0. The second-order valence-electron chi connectivity index (χ2n) is 8.86. The number of nitrogens with zero attached hydrogens (tertiary/aromatic N) is 3. The summed E-state index contributed by atoms with van der Waals surface area (Å²) >= 11 is 0. The van der Waals surface area contributed by atoms with Gasteiger partial charge in [-0.3, -0.25) is 14.5 Å². The van der Waals surface area contributed by atoms with Crippen LogP contribution in [-0.4, -0.2) is 72.9 Å². The summed E-state index contributed by atoms with van der Waals surface area (Å²) in [6.45, 7) is 2.98. The molecule has 0 bridgehead atoms. The molecule has 0 atom stereocenters. The molecular weight excluding hydrogens is 454 g/mol. The largest absolute Gasteiger partial charge is 0.496 e. The zero-order chi connectivity index (χ0) is 25.8. The van der Waals surface area contributed by atoms with Gasteiger partial charge in [-0.05, 0) is 43.4 Å². The van der Waals surface area contributed by atoms with Crippen molar-refractivity contribution in [1.29, 1.82) is 0 Å². The van der Waals surface area contributed by atoms with Gasteiger partial charge in [0, 0.05) is 48.6 Å². The van der Waals surface area contributed by atoms with E-state index in [-0.39, 0.29) is 18.4 Å². The van der Waals surface area contributed by atoms with Crippen molar-refractivity contribution >= 4 is 28.5 Å². The maximum absolute atomic E-state index is 13.0. The van der Waals surface area contributed by atoms with Gasteiger partial charge < -0.3 is 19.9 Å². The summed E-state index contributed by atoms with van der Waals surface area (Å²) in [5.74, 6) is 0.412. The van der Waals surface area contributed by atoms with Crippen molar-refractivity contribution < 1.29 is 14.3 Å². The Hall–Kier alpha value is -4.17. The first-order valence-corrected chi connectivity index (χ1v) is 11.8. The van der Waals surface area contributed by atoms with E-state index in [1.165, 1.54) is 4.90 Å². The molecule has 0 radical (unpaired) electrons. The predicted octanol–water partition coefficient (Wildman–Crippen LogP) is 4.50. The van der Waals surface area contributed by atoms with Crippen LogP contribution in [0.3, 0.4) is 0 Å². The van der Waals surface area contributed by atoms with Crippen LogP contribution in [-0.2, 0) is 4.79 Å². The Balaban J connectivity index is 1.76. The van der Waals surface area contributed by atoms with Crippen LogP contribution in [0.1, 0.15) is 17.3 Å². The molecule has 36 heavy (non-hydrogen) atoms. The second kappa shape index (κ2) is 10.6. The van der Waals surface area contributed by atoms with Crippen LogP contribution in [0, 0.1) is 0 Å². The molecule has 0 unspecified atom stereocenters. The lowest BCUT2D eigenvalue weighted by Gasteiger charge is -2.18. The average molecular weight is 486 g/mol. The standard InChI is InChI=1S/C28H31N5O3/c1-6-33(4)17-26(34)31-24-12-11-18(13-22(24)28(35)32(2)3)19-14-21-23(16-30-27(21)29-15-19)20-9-7-8-10-25(20)36-5/h7-16H,6,17H2,1-5H3,(H,29,30)(H,31,34). The Bertz CT molecular complexity index is 1410. The number of ether oxygens (including phenoxy) is 1. The molecule has 0 aliphatic heterocycles. The SMILES string of the molecule is CCN(C)CC(=O)Nc1ccc(-c2cnc3[nH]cc(-c4ccccc4OC)c3c2)cc1C(=O)N(C)C. The molecule has 0 saturated heterocycles. The van der Waals surface area contributed by atoms with Crippen LogP contribution in [0.15, 0.2) is 60.9 Å². The monoisotopic (exact) mass is 485 g/mol. The van der Waals surface area contributed by atoms with Crippen LogP contribution >= 0.6 is 0 Å². The van der Waals surface area contributed by atoms with E-state index in [1.807, 2.05) is 61.5 Å². The smallest absolute Gasteiger partial charge is 0.255 e. The molecule has 0 spiro atoms. The van der Waals surface area contributed by atoms with Crippen molar-refractivity contribution in [3.8, 4) is 28.0 Å². The van der Waals surface area contributed by atoms with E-state index in [0.717, 1.165) is 45.6 Å². The lowest BCUT2D eigenvalue weighted by atomic mass is 9.99. The number of hydrogen-bond acceptors (Lipinski definition) is 5. The van der Waals surface area contributed by atoms with E-state index in [4.69, 9.17) is 4.74 Å². The third-order valence-corrected chi connectivity index (χ3v) is 6.15. The minimum absolute atomic E-state index is 0.170. The molecule has 8 heteroatoms. The van der Waals surface area contributed by atoms with Crippen molar-refractivity contribution in [3.63, 3.8) is 0 Å². The fourth-order valence-corrected chi connectivity index (χ4v) is 4.05. The molecule has 0 saturated carbocycles. The topological polar surface area (TPSA) is 90.6 Å². The van der Waals surface area contributed by atoms with Crippen molar-refractivity contribution in [3.05, 3.63) is 66.5 Å². The molecule has 2 aromatic carbocycles. The van der Waals surface area contributed by atoms with E-state index in [9.17, 15) is 9.59 Å². The van der Waals surface area contributed by atoms with Gasteiger partial charge >= 0.3 is 0 Å². The molecule has 0 fully saturated rings. The number of para-hydroxylation sites is 1. The number of pyridine rings is 1. The van der Waals surface area contributed by atoms with Gasteiger partial charge in [0.1, 0.15) is 11.4 Å². The highest BCUT2D eigenvalue weighted by Gasteiger charge is 2.18. The van der Waals surface area contributed by atoms with Crippen molar-refractivity contribution in [2.45, 2.75) is 6.92 Å². The number of aromatic nitrogens is 2. The number of hydrogen-bond donors (Lipinski definition) is 2. The number of H-pyrrole nitrogens is 1. The van der Waals surface area contributed by atoms with Crippen molar-refractivity contribution in [2.75, 3.05) is 46.7 Å². The van der Waals surface area contributed by atoms with E-state index >= 15 is 0 Å². The zero-order valence-corrected chi connectivity index (χ0v) is 21.3. The summed E-state index contributed by atoms with van der Waals surface area (Å²) in [6.07, 6.45) is 3.70. The Morgan fingerprint density at radius 2 is 1.81 bits per heavy atom. The highest BCUT2D eigenvalue weighted by atomic mass is 16.5. The molecular formula is C28H31N5O3. The summed E-state index contributed by atoms with van der Waals surface area (Å²) < 4.78 is 5.56. The molecule has 4 aromatic rings. The fourth-order valence-electron chi connectivity index (χ4n) is 4.05. The Morgan fingerprint density at radius 1 is 1.03 bits per heavy atom. The van der Waals surface area contributed by atoms with Crippen molar-refractivity contribution in [2.24, 2.45) is 0 Å². The number of nitrogens with one attached hydrogen (secondary N) is 2. The Kier molecular flexibility index (Phi) is 7.36. The first-order valence-electron chi connectivity index (χ1n) is 11.8. The fraction of sp³-hybridized carbons (Fsp3) is 0.250. The molecule has 4 rings (SSSR count). The van der Waals surface area contributed by atoms with Gasteiger partial charge in [0.15, 0.2) is 0 Å². The molecule has 8 nitrogen and oxygen atoms in total. The van der Waals surface area contributed by atoms with Crippen LogP contribution in [0.2, 0.25) is 0 Å². The highest BCUT2D eigenvalue weighted by Crippen LogP contribution is 2.36. The number of aromatic amines is 1. The second-order valence-corrected chi connectivity index (χ2v) is 8.86. The van der Waals surface area contributed by atoms with Crippen LogP contribution < -0.4 is 10.1 Å². The maximum Gasteiger partial charge on any atom is 0.255 e. The summed E-state index contributed by atoms with van der Waals surface area (Å²) in [5.41, 5.74) is 5.28. The molecule has 2 amide bonds. The first-order chi connectivity index (χ1) is 17.3. The van der Waals surface area contributed by atoms with Gasteiger partial charge in [0.05, 0.1) is 24.9 Å². The molecule has 2 N–H and O–H groups in total. The molecule has 2 aromatic heterocycles. The molecule has 2 heterocycles. The first kappa shape index (κ1) is 24.9. The number of rotatable bonds is 8. The minimum atomic E-state index is -0.193. The number of benzene rings is 2. The number of carbonyl (C=O) groups excluding carboxylic acids is 2. The highest BCUT2D eigenvalue weighted by molar-refractivity contribution is 6.05. The van der Waals surface area contributed by atoms with Crippen molar-refractivity contribution in [1.82, 2.24) is 19.8 Å². The number of fused-ring (bicyclic) bond motifs is 1. The van der Waals surface area contributed by atoms with Gasteiger partial charge in [-0.25, -0.2) is 4.98 Å². The van der Waals surface area contributed by atoms with Gasteiger partial charge in [-0.1, -0.05) is 31.2 Å². The van der Waals surface area contributed by atoms with Crippen LogP contribution in [0.5, 0.6) is 5.75 Å². The lowest BCUT2D eigenvalue weighted by molar-refractivity contribution is -0.117. The molecule has 186 valence electrons. The third-order valence-electron chi connectivity index (χ3n) is 6.15. The van der Waals surface area contributed by atoms with Gasteiger partial charge in [0.25, 0.3) is 5.91 Å².